The third kappa shape index (κ3) is 2.15. The fourth-order valence-corrected chi connectivity index (χ4v) is 3.34. The minimum absolute atomic E-state index is 0.221. The summed E-state index contributed by atoms with van der Waals surface area (Å²) in [5, 5.41) is 3.13. The van der Waals surface area contributed by atoms with Crippen LogP contribution in [0.3, 0.4) is 0 Å². The Kier molecular flexibility index (Phi) is 3.02. The molecule has 0 aliphatic carbocycles. The van der Waals surface area contributed by atoms with Gasteiger partial charge in [0.25, 0.3) is 5.91 Å². The summed E-state index contributed by atoms with van der Waals surface area (Å²) in [5.74, 6) is -0.183. The first kappa shape index (κ1) is 14.3. The number of hydrogen-bond acceptors (Lipinski definition) is 3. The molecule has 1 N–H and O–H groups in total. The number of nitrogens with one attached hydrogen (secondary N) is 1. The highest BCUT2D eigenvalue weighted by atomic mass is 19.4. The van der Waals surface area contributed by atoms with Crippen molar-refractivity contribution in [1.29, 1.82) is 0 Å². The fourth-order valence-electron chi connectivity index (χ4n) is 3.34. The molecule has 1 aromatic heterocycles. The van der Waals surface area contributed by atoms with Crippen LogP contribution in [0.1, 0.15) is 27.5 Å². The van der Waals surface area contributed by atoms with Crippen LogP contribution in [-0.2, 0) is 6.18 Å². The topological polar surface area (TPSA) is 45.5 Å². The molecule has 0 spiro atoms. The minimum atomic E-state index is -4.59. The molecule has 4 rings (SSSR count). The largest absolute Gasteiger partial charge is 0.464 e. The molecule has 0 bridgehead atoms. The fraction of sp³-hybridized carbons (Fsp3) is 0.312. The average molecular weight is 322 g/mol. The maximum atomic E-state index is 13.5. The second kappa shape index (κ2) is 4.86. The Morgan fingerprint density at radius 2 is 2.13 bits per heavy atom. The highest BCUT2D eigenvalue weighted by Gasteiger charge is 2.45. The lowest BCUT2D eigenvalue weighted by Crippen LogP contribution is -2.44. The number of rotatable bonds is 1. The molecule has 1 fully saturated rings. The van der Waals surface area contributed by atoms with E-state index in [0.717, 1.165) is 6.07 Å². The quantitative estimate of drug-likeness (QED) is 0.878. The Balaban J connectivity index is 1.95. The van der Waals surface area contributed by atoms with Crippen molar-refractivity contribution in [2.75, 3.05) is 19.6 Å². The van der Waals surface area contributed by atoms with Gasteiger partial charge in [-0.2, -0.15) is 13.2 Å². The second-order valence-electron chi connectivity index (χ2n) is 5.68. The van der Waals surface area contributed by atoms with Crippen molar-refractivity contribution in [2.45, 2.75) is 12.2 Å². The SMILES string of the molecule is O=C1c2c(cc(-c3ccco3)cc2C(F)(F)F)[C@@H]2CNCCN12. The highest BCUT2D eigenvalue weighted by Crippen LogP contribution is 2.44. The number of furan rings is 1. The van der Waals surface area contributed by atoms with Gasteiger partial charge in [0.15, 0.2) is 0 Å². The van der Waals surface area contributed by atoms with Crippen LogP contribution in [0.5, 0.6) is 0 Å². The van der Waals surface area contributed by atoms with E-state index in [4.69, 9.17) is 4.42 Å². The zero-order valence-electron chi connectivity index (χ0n) is 12.0. The van der Waals surface area contributed by atoms with Crippen LogP contribution in [0.15, 0.2) is 34.9 Å². The number of fused-ring (bicyclic) bond motifs is 3. The number of amides is 1. The molecule has 7 heteroatoms. The van der Waals surface area contributed by atoms with Gasteiger partial charge in [-0.15, -0.1) is 0 Å². The van der Waals surface area contributed by atoms with E-state index in [1.165, 1.54) is 11.2 Å². The van der Waals surface area contributed by atoms with Crippen LogP contribution >= 0.6 is 0 Å². The first-order valence-corrected chi connectivity index (χ1v) is 7.27. The zero-order chi connectivity index (χ0) is 16.2. The molecule has 1 saturated heterocycles. The molecule has 0 radical (unpaired) electrons. The van der Waals surface area contributed by atoms with Gasteiger partial charge in [0.05, 0.1) is 23.4 Å². The summed E-state index contributed by atoms with van der Waals surface area (Å²) in [5.41, 5.74) is -0.355. The molecule has 3 heterocycles. The number of benzene rings is 1. The number of piperazine rings is 1. The van der Waals surface area contributed by atoms with Gasteiger partial charge < -0.3 is 14.6 Å². The molecule has 1 atom stereocenters. The lowest BCUT2D eigenvalue weighted by molar-refractivity contribution is -0.137. The van der Waals surface area contributed by atoms with Gasteiger partial charge >= 0.3 is 6.18 Å². The smallest absolute Gasteiger partial charge is 0.417 e. The van der Waals surface area contributed by atoms with Crippen molar-refractivity contribution in [1.82, 2.24) is 10.2 Å². The molecular formula is C16H13F3N2O2. The van der Waals surface area contributed by atoms with E-state index in [-0.39, 0.29) is 11.6 Å². The van der Waals surface area contributed by atoms with Crippen LogP contribution in [0, 0.1) is 0 Å². The predicted molar refractivity (Wildman–Crippen MR) is 75.8 cm³/mol. The van der Waals surface area contributed by atoms with E-state index >= 15 is 0 Å². The van der Waals surface area contributed by atoms with Gasteiger partial charge in [-0.05, 0) is 29.8 Å². The Morgan fingerprint density at radius 1 is 1.30 bits per heavy atom. The first-order valence-electron chi connectivity index (χ1n) is 7.27. The molecule has 1 aromatic carbocycles. The van der Waals surface area contributed by atoms with Crippen molar-refractivity contribution < 1.29 is 22.4 Å². The van der Waals surface area contributed by atoms with E-state index in [1.54, 1.807) is 18.2 Å². The molecule has 0 saturated carbocycles. The van der Waals surface area contributed by atoms with E-state index in [2.05, 4.69) is 5.32 Å². The summed E-state index contributed by atoms with van der Waals surface area (Å²) in [6.45, 7) is 1.45. The second-order valence-corrected chi connectivity index (χ2v) is 5.68. The van der Waals surface area contributed by atoms with Gasteiger partial charge in [-0.3, -0.25) is 4.79 Å². The van der Waals surface area contributed by atoms with E-state index in [9.17, 15) is 18.0 Å². The number of carbonyl (C=O) groups is 1. The van der Waals surface area contributed by atoms with Crippen LogP contribution in [0.4, 0.5) is 13.2 Å². The van der Waals surface area contributed by atoms with Gasteiger partial charge in [0.1, 0.15) is 5.76 Å². The van der Waals surface area contributed by atoms with Crippen molar-refractivity contribution in [3.63, 3.8) is 0 Å². The number of alkyl halides is 3. The number of hydrogen-bond donors (Lipinski definition) is 1. The van der Waals surface area contributed by atoms with Gasteiger partial charge in [0.2, 0.25) is 0 Å². The Morgan fingerprint density at radius 3 is 2.83 bits per heavy atom. The van der Waals surface area contributed by atoms with Crippen molar-refractivity contribution >= 4 is 5.91 Å². The number of carbonyl (C=O) groups excluding carboxylic acids is 1. The molecule has 2 aliphatic heterocycles. The van der Waals surface area contributed by atoms with Gasteiger partial charge in [0, 0.05) is 25.2 Å². The molecule has 23 heavy (non-hydrogen) atoms. The zero-order valence-corrected chi connectivity index (χ0v) is 12.0. The minimum Gasteiger partial charge on any atom is -0.464 e. The van der Waals surface area contributed by atoms with Gasteiger partial charge in [-0.1, -0.05) is 0 Å². The number of nitrogens with zero attached hydrogens (tertiary/aromatic N) is 1. The predicted octanol–water partition coefficient (Wildman–Crippen LogP) is 3.07. The van der Waals surface area contributed by atoms with Crippen molar-refractivity contribution in [3.05, 3.63) is 47.2 Å². The van der Waals surface area contributed by atoms with Crippen LogP contribution < -0.4 is 5.32 Å². The van der Waals surface area contributed by atoms with Crippen LogP contribution in [0.2, 0.25) is 0 Å². The third-order valence-electron chi connectivity index (χ3n) is 4.36. The third-order valence-corrected chi connectivity index (χ3v) is 4.36. The van der Waals surface area contributed by atoms with E-state index in [0.29, 0.717) is 36.5 Å². The van der Waals surface area contributed by atoms with Crippen LogP contribution in [-0.4, -0.2) is 30.4 Å². The summed E-state index contributed by atoms with van der Waals surface area (Å²) in [7, 11) is 0. The normalized spacial score (nSPS) is 20.6. The summed E-state index contributed by atoms with van der Waals surface area (Å²) in [6, 6.07) is 5.51. The summed E-state index contributed by atoms with van der Waals surface area (Å²) < 4.78 is 45.7. The van der Waals surface area contributed by atoms with Crippen LogP contribution in [0.25, 0.3) is 11.3 Å². The first-order chi connectivity index (χ1) is 11.0. The lowest BCUT2D eigenvalue weighted by atomic mass is 9.94. The summed E-state index contributed by atoms with van der Waals surface area (Å²) in [4.78, 5) is 14.0. The summed E-state index contributed by atoms with van der Waals surface area (Å²) >= 11 is 0. The Labute approximate surface area is 129 Å². The lowest BCUT2D eigenvalue weighted by Gasteiger charge is -2.30. The molecule has 120 valence electrons. The van der Waals surface area contributed by atoms with E-state index < -0.39 is 17.6 Å². The molecule has 2 aromatic rings. The number of halogens is 3. The molecule has 2 aliphatic rings. The van der Waals surface area contributed by atoms with Crippen molar-refractivity contribution in [2.24, 2.45) is 0 Å². The monoisotopic (exact) mass is 322 g/mol. The van der Waals surface area contributed by atoms with Crippen molar-refractivity contribution in [3.8, 4) is 11.3 Å². The van der Waals surface area contributed by atoms with Gasteiger partial charge in [-0.25, -0.2) is 0 Å². The Hall–Kier alpha value is -2.28. The molecule has 4 nitrogen and oxygen atoms in total. The highest BCUT2D eigenvalue weighted by molar-refractivity contribution is 6.01. The summed E-state index contributed by atoms with van der Waals surface area (Å²) in [6.07, 6.45) is -3.18. The molecular weight excluding hydrogens is 309 g/mol. The molecule has 1 amide bonds. The maximum absolute atomic E-state index is 13.5. The maximum Gasteiger partial charge on any atom is 0.417 e. The van der Waals surface area contributed by atoms with E-state index in [1.807, 2.05) is 0 Å². The average Bonchev–Trinajstić information content (AvgIpc) is 3.14. The Bertz CT molecular complexity index is 768. The standard InChI is InChI=1S/C16H13F3N2O2/c17-16(18,19)11-7-9(13-2-1-5-23-13)6-10-12-8-20-3-4-21(12)15(22)14(10)11/h1-2,5-7,12,20H,3-4,8H2/t12-/m0/s1. The molecule has 0 unspecified atom stereocenters.